The molecule has 0 aliphatic carbocycles. The summed E-state index contributed by atoms with van der Waals surface area (Å²) >= 11 is 0. The normalized spacial score (nSPS) is 15.3. The van der Waals surface area contributed by atoms with Gasteiger partial charge in [0.2, 0.25) is 0 Å². The maximum Gasteiger partial charge on any atom is 0.194 e. The first kappa shape index (κ1) is 24.5. The van der Waals surface area contributed by atoms with Crippen LogP contribution in [-0.2, 0) is 24.9 Å². The molecule has 168 valence electrons. The van der Waals surface area contributed by atoms with Gasteiger partial charge < -0.3 is 24.0 Å². The fourth-order valence-corrected chi connectivity index (χ4v) is 3.19. The van der Waals surface area contributed by atoms with Crippen LogP contribution in [-0.4, -0.2) is 81.6 Å². The number of hydrogen-bond donors (Lipinski definition) is 1. The van der Waals surface area contributed by atoms with E-state index in [0.29, 0.717) is 6.54 Å². The molecule has 2 aromatic rings. The predicted molar refractivity (Wildman–Crippen MR) is 125 cm³/mol. The van der Waals surface area contributed by atoms with E-state index >= 15 is 0 Å². The standard InChI is InChI=1S/C19H32N8O2.HI/c1-4-28-12-5-7-20-19(21-14-18-23-22-16(2)25(18)3)27-10-8-26(9-11-27)15-17-6-13-29-24-17;/h6,13H,4-5,7-12,14-15H2,1-3H3,(H,20,21);1H. The highest BCUT2D eigenvalue weighted by molar-refractivity contribution is 14.0. The number of piperazine rings is 1. The van der Waals surface area contributed by atoms with Crippen molar-refractivity contribution in [1.29, 1.82) is 0 Å². The molecule has 0 spiro atoms. The molecule has 30 heavy (non-hydrogen) atoms. The Morgan fingerprint density at radius 1 is 1.27 bits per heavy atom. The van der Waals surface area contributed by atoms with Crippen molar-refractivity contribution >= 4 is 29.9 Å². The van der Waals surface area contributed by atoms with Crippen molar-refractivity contribution in [2.75, 3.05) is 45.9 Å². The third kappa shape index (κ3) is 7.20. The van der Waals surface area contributed by atoms with Gasteiger partial charge in [-0.1, -0.05) is 5.16 Å². The molecule has 1 N–H and O–H groups in total. The van der Waals surface area contributed by atoms with Gasteiger partial charge in [0.1, 0.15) is 18.6 Å². The molecule has 0 saturated carbocycles. The van der Waals surface area contributed by atoms with E-state index in [-0.39, 0.29) is 24.0 Å². The summed E-state index contributed by atoms with van der Waals surface area (Å²) < 4.78 is 12.3. The minimum Gasteiger partial charge on any atom is -0.382 e. The minimum absolute atomic E-state index is 0. The Hall–Kier alpha value is -1.73. The Morgan fingerprint density at radius 3 is 2.70 bits per heavy atom. The Labute approximate surface area is 195 Å². The average molecular weight is 532 g/mol. The second-order valence-electron chi connectivity index (χ2n) is 7.09. The summed E-state index contributed by atoms with van der Waals surface area (Å²) in [5.74, 6) is 2.67. The van der Waals surface area contributed by atoms with E-state index < -0.39 is 0 Å². The molecule has 0 amide bonds. The summed E-state index contributed by atoms with van der Waals surface area (Å²) in [7, 11) is 1.97. The van der Waals surface area contributed by atoms with Gasteiger partial charge in [-0.15, -0.1) is 34.2 Å². The van der Waals surface area contributed by atoms with Crippen LogP contribution in [0.2, 0.25) is 0 Å². The molecule has 2 aromatic heterocycles. The van der Waals surface area contributed by atoms with Crippen LogP contribution in [0.25, 0.3) is 0 Å². The van der Waals surface area contributed by atoms with Crippen molar-refractivity contribution < 1.29 is 9.26 Å². The number of halogens is 1. The molecule has 0 atom stereocenters. The van der Waals surface area contributed by atoms with Gasteiger partial charge in [0.05, 0.1) is 5.69 Å². The zero-order valence-electron chi connectivity index (χ0n) is 18.1. The van der Waals surface area contributed by atoms with Crippen LogP contribution >= 0.6 is 24.0 Å². The summed E-state index contributed by atoms with van der Waals surface area (Å²) in [6.07, 6.45) is 2.57. The summed E-state index contributed by atoms with van der Waals surface area (Å²) in [5, 5.41) is 15.9. The third-order valence-corrected chi connectivity index (χ3v) is 5.05. The molecule has 10 nitrogen and oxygen atoms in total. The zero-order chi connectivity index (χ0) is 20.5. The van der Waals surface area contributed by atoms with E-state index in [9.17, 15) is 0 Å². The van der Waals surface area contributed by atoms with E-state index in [0.717, 1.165) is 82.2 Å². The van der Waals surface area contributed by atoms with Crippen LogP contribution in [0.5, 0.6) is 0 Å². The van der Waals surface area contributed by atoms with Crippen molar-refractivity contribution in [2.24, 2.45) is 12.0 Å². The van der Waals surface area contributed by atoms with Gasteiger partial charge in [0, 0.05) is 65.6 Å². The molecule has 3 heterocycles. The molecule has 0 bridgehead atoms. The number of aliphatic imine (C=N–C) groups is 1. The summed E-state index contributed by atoms with van der Waals surface area (Å²) in [4.78, 5) is 9.52. The lowest BCUT2D eigenvalue weighted by molar-refractivity contribution is 0.144. The highest BCUT2D eigenvalue weighted by atomic mass is 127. The van der Waals surface area contributed by atoms with Crippen molar-refractivity contribution in [3.63, 3.8) is 0 Å². The van der Waals surface area contributed by atoms with Crippen LogP contribution in [0.4, 0.5) is 0 Å². The van der Waals surface area contributed by atoms with Crippen molar-refractivity contribution in [3.8, 4) is 0 Å². The molecule has 0 radical (unpaired) electrons. The highest BCUT2D eigenvalue weighted by Gasteiger charge is 2.20. The molecular weight excluding hydrogens is 499 g/mol. The second kappa shape index (κ2) is 12.8. The largest absolute Gasteiger partial charge is 0.382 e. The maximum absolute atomic E-state index is 5.44. The molecule has 1 fully saturated rings. The van der Waals surface area contributed by atoms with Crippen LogP contribution < -0.4 is 5.32 Å². The van der Waals surface area contributed by atoms with Gasteiger partial charge in [-0.2, -0.15) is 0 Å². The second-order valence-corrected chi connectivity index (χ2v) is 7.09. The van der Waals surface area contributed by atoms with Gasteiger partial charge in [-0.3, -0.25) is 4.90 Å². The first-order valence-electron chi connectivity index (χ1n) is 10.2. The van der Waals surface area contributed by atoms with Crippen molar-refractivity contribution in [1.82, 2.24) is 35.0 Å². The zero-order valence-corrected chi connectivity index (χ0v) is 20.4. The minimum atomic E-state index is 0. The van der Waals surface area contributed by atoms with E-state index in [1.807, 2.05) is 31.5 Å². The maximum atomic E-state index is 5.44. The summed E-state index contributed by atoms with van der Waals surface area (Å²) in [6.45, 7) is 11.3. The van der Waals surface area contributed by atoms with Crippen LogP contribution in [0.15, 0.2) is 21.8 Å². The average Bonchev–Trinajstić information content (AvgIpc) is 3.35. The highest BCUT2D eigenvalue weighted by Crippen LogP contribution is 2.08. The number of nitrogens with zero attached hydrogens (tertiary/aromatic N) is 7. The lowest BCUT2D eigenvalue weighted by Crippen LogP contribution is -2.52. The molecule has 1 saturated heterocycles. The number of hydrogen-bond acceptors (Lipinski definition) is 7. The molecule has 1 aliphatic heterocycles. The first-order valence-corrected chi connectivity index (χ1v) is 10.2. The van der Waals surface area contributed by atoms with Gasteiger partial charge in [0.15, 0.2) is 11.8 Å². The van der Waals surface area contributed by atoms with Gasteiger partial charge in [-0.05, 0) is 20.3 Å². The Bertz CT molecular complexity index is 757. The van der Waals surface area contributed by atoms with Crippen LogP contribution in [0, 0.1) is 6.92 Å². The number of rotatable bonds is 9. The van der Waals surface area contributed by atoms with Gasteiger partial charge >= 0.3 is 0 Å². The topological polar surface area (TPSA) is 96.8 Å². The number of aryl methyl sites for hydroxylation is 1. The monoisotopic (exact) mass is 532 g/mol. The van der Waals surface area contributed by atoms with Crippen molar-refractivity contribution in [2.45, 2.75) is 33.4 Å². The SMILES string of the molecule is CCOCCCNC(=NCc1nnc(C)n1C)N1CCN(Cc2ccon2)CC1.I. The Balaban J connectivity index is 0.00000320. The van der Waals surface area contributed by atoms with E-state index in [1.165, 1.54) is 0 Å². The van der Waals surface area contributed by atoms with E-state index in [4.69, 9.17) is 14.3 Å². The number of ether oxygens (including phenoxy) is 1. The van der Waals surface area contributed by atoms with Gasteiger partial charge in [0.25, 0.3) is 0 Å². The van der Waals surface area contributed by atoms with Crippen LogP contribution in [0.3, 0.4) is 0 Å². The van der Waals surface area contributed by atoms with Crippen LogP contribution in [0.1, 0.15) is 30.7 Å². The lowest BCUT2D eigenvalue weighted by atomic mass is 10.3. The number of guanidine groups is 1. The smallest absolute Gasteiger partial charge is 0.194 e. The first-order chi connectivity index (χ1) is 14.2. The molecule has 0 aromatic carbocycles. The fourth-order valence-electron chi connectivity index (χ4n) is 3.19. The molecule has 3 rings (SSSR count). The quantitative estimate of drug-likeness (QED) is 0.224. The Kier molecular flexibility index (Phi) is 10.5. The molecule has 1 aliphatic rings. The summed E-state index contributed by atoms with van der Waals surface area (Å²) in [5.41, 5.74) is 0.971. The summed E-state index contributed by atoms with van der Waals surface area (Å²) in [6, 6.07) is 1.92. The molecular formula is C19H33IN8O2. The Morgan fingerprint density at radius 2 is 2.07 bits per heavy atom. The van der Waals surface area contributed by atoms with E-state index in [2.05, 4.69) is 30.5 Å². The van der Waals surface area contributed by atoms with Gasteiger partial charge in [-0.25, -0.2) is 4.99 Å². The molecule has 0 unspecified atom stereocenters. The van der Waals surface area contributed by atoms with E-state index in [1.54, 1.807) is 6.26 Å². The predicted octanol–water partition coefficient (Wildman–Crippen LogP) is 1.42. The number of nitrogens with one attached hydrogen (secondary N) is 1. The molecule has 11 heteroatoms. The lowest BCUT2D eigenvalue weighted by Gasteiger charge is -2.36. The number of aromatic nitrogens is 4. The third-order valence-electron chi connectivity index (χ3n) is 5.05. The fraction of sp³-hybridized carbons (Fsp3) is 0.684. The van der Waals surface area contributed by atoms with Crippen molar-refractivity contribution in [3.05, 3.63) is 29.7 Å².